The number of hydrogen-bond donors (Lipinski definition) is 1. The van der Waals surface area contributed by atoms with Crippen LogP contribution in [0.4, 0.5) is 4.39 Å². The van der Waals surface area contributed by atoms with Gasteiger partial charge in [-0.2, -0.15) is 9.78 Å². The summed E-state index contributed by atoms with van der Waals surface area (Å²) in [5, 5.41) is 13.9. The number of aromatic carboxylic acids is 1. The molecule has 2 heterocycles. The molecule has 8 heteroatoms. The van der Waals surface area contributed by atoms with Gasteiger partial charge in [-0.15, -0.1) is 0 Å². The van der Waals surface area contributed by atoms with Gasteiger partial charge in [0.2, 0.25) is 0 Å². The van der Waals surface area contributed by atoms with Gasteiger partial charge in [0.1, 0.15) is 17.0 Å². The molecule has 6 nitrogen and oxygen atoms in total. The molecule has 0 aliphatic heterocycles. The van der Waals surface area contributed by atoms with E-state index in [1.165, 1.54) is 23.0 Å². The lowest BCUT2D eigenvalue weighted by atomic mass is 9.78. The third-order valence-electron chi connectivity index (χ3n) is 5.91. The van der Waals surface area contributed by atoms with E-state index in [1.54, 1.807) is 18.2 Å². The molecule has 0 saturated heterocycles. The Morgan fingerprint density at radius 2 is 1.94 bits per heavy atom. The number of halogens is 2. The van der Waals surface area contributed by atoms with Crippen LogP contribution < -0.4 is 0 Å². The van der Waals surface area contributed by atoms with Crippen LogP contribution in [0.2, 0.25) is 5.02 Å². The van der Waals surface area contributed by atoms with Gasteiger partial charge in [0.15, 0.2) is 0 Å². The molecule has 4 aromatic rings. The van der Waals surface area contributed by atoms with Gasteiger partial charge in [-0.25, -0.2) is 9.18 Å². The number of carbonyl (C=O) groups excluding carboxylic acids is 1. The van der Waals surface area contributed by atoms with Crippen molar-refractivity contribution in [2.24, 2.45) is 0 Å². The zero-order valence-electron chi connectivity index (χ0n) is 16.8. The first kappa shape index (κ1) is 20.3. The minimum absolute atomic E-state index is 0.0589. The van der Waals surface area contributed by atoms with Crippen molar-refractivity contribution in [3.63, 3.8) is 0 Å². The SMILES string of the molecule is O=C(O)c1ccc(-c2nn(C(=O)c3c(Cl)cccc3C3CCC3)c3cccnc23)c(F)c1. The highest BCUT2D eigenvalue weighted by atomic mass is 35.5. The highest BCUT2D eigenvalue weighted by Gasteiger charge is 2.29. The first-order chi connectivity index (χ1) is 15.5. The number of rotatable bonds is 4. The topological polar surface area (TPSA) is 85.1 Å². The van der Waals surface area contributed by atoms with Crippen LogP contribution in [0.3, 0.4) is 0 Å². The molecule has 1 aliphatic carbocycles. The third-order valence-corrected chi connectivity index (χ3v) is 6.22. The molecule has 1 saturated carbocycles. The number of carboxylic acids is 1. The zero-order valence-corrected chi connectivity index (χ0v) is 17.5. The Kier molecular flexibility index (Phi) is 4.98. The summed E-state index contributed by atoms with van der Waals surface area (Å²) in [6.07, 6.45) is 4.62. The van der Waals surface area contributed by atoms with Gasteiger partial charge >= 0.3 is 5.97 Å². The second-order valence-corrected chi connectivity index (χ2v) is 8.18. The Bertz CT molecular complexity index is 1390. The maximum atomic E-state index is 14.8. The monoisotopic (exact) mass is 449 g/mol. The van der Waals surface area contributed by atoms with Gasteiger partial charge in [0.05, 0.1) is 21.7 Å². The van der Waals surface area contributed by atoms with Crippen molar-refractivity contribution in [1.29, 1.82) is 0 Å². The Balaban J connectivity index is 1.68. The Morgan fingerprint density at radius 1 is 1.12 bits per heavy atom. The molecule has 0 radical (unpaired) electrons. The summed E-state index contributed by atoms with van der Waals surface area (Å²) in [5.41, 5.74) is 2.05. The molecule has 0 bridgehead atoms. The van der Waals surface area contributed by atoms with E-state index in [4.69, 9.17) is 16.7 Å². The number of nitrogens with zero attached hydrogens (tertiary/aromatic N) is 3. The van der Waals surface area contributed by atoms with Gasteiger partial charge in [-0.1, -0.05) is 30.2 Å². The summed E-state index contributed by atoms with van der Waals surface area (Å²) < 4.78 is 16.0. The smallest absolute Gasteiger partial charge is 0.335 e. The Morgan fingerprint density at radius 3 is 2.62 bits per heavy atom. The van der Waals surface area contributed by atoms with Crippen LogP contribution in [0.15, 0.2) is 54.7 Å². The van der Waals surface area contributed by atoms with E-state index in [0.29, 0.717) is 21.6 Å². The second-order valence-electron chi connectivity index (χ2n) is 7.77. The fourth-order valence-corrected chi connectivity index (χ4v) is 4.32. The minimum atomic E-state index is -1.23. The van der Waals surface area contributed by atoms with E-state index in [-0.39, 0.29) is 22.7 Å². The molecule has 1 N–H and O–H groups in total. The van der Waals surface area contributed by atoms with E-state index >= 15 is 0 Å². The molecule has 2 aromatic carbocycles. The van der Waals surface area contributed by atoms with Crippen molar-refractivity contribution >= 4 is 34.5 Å². The predicted molar refractivity (Wildman–Crippen MR) is 118 cm³/mol. The molecule has 0 unspecified atom stereocenters. The number of carbonyl (C=O) groups is 2. The molecule has 1 aliphatic rings. The average Bonchev–Trinajstić information content (AvgIpc) is 3.12. The standard InChI is InChI=1S/C24H17ClFN3O3/c25-17-7-2-6-15(13-4-1-5-13)20(17)23(30)29-19-8-3-11-27-22(19)21(28-29)16-10-9-14(24(31)32)12-18(16)26/h2-3,6-13H,1,4-5H2,(H,31,32). The molecule has 32 heavy (non-hydrogen) atoms. The highest BCUT2D eigenvalue weighted by Crippen LogP contribution is 2.40. The van der Waals surface area contributed by atoms with Crippen molar-refractivity contribution in [1.82, 2.24) is 14.8 Å². The Labute approximate surface area is 187 Å². The summed E-state index contributed by atoms with van der Waals surface area (Å²) in [4.78, 5) is 29.1. The number of hydrogen-bond acceptors (Lipinski definition) is 4. The quantitative estimate of drug-likeness (QED) is 0.441. The largest absolute Gasteiger partial charge is 0.478 e. The highest BCUT2D eigenvalue weighted by molar-refractivity contribution is 6.34. The van der Waals surface area contributed by atoms with Crippen LogP contribution in [0.25, 0.3) is 22.3 Å². The molecule has 2 aromatic heterocycles. The van der Waals surface area contributed by atoms with Crippen LogP contribution in [0.5, 0.6) is 0 Å². The van der Waals surface area contributed by atoms with Gasteiger partial charge < -0.3 is 5.11 Å². The summed E-state index contributed by atoms with van der Waals surface area (Å²) in [6.45, 7) is 0. The molecule has 1 fully saturated rings. The summed E-state index contributed by atoms with van der Waals surface area (Å²) in [5.74, 6) is -2.14. The van der Waals surface area contributed by atoms with Crippen LogP contribution in [0.1, 0.15) is 51.5 Å². The maximum Gasteiger partial charge on any atom is 0.335 e. The third kappa shape index (κ3) is 3.26. The number of fused-ring (bicyclic) bond motifs is 1. The molecule has 0 spiro atoms. The number of benzene rings is 2. The normalized spacial score (nSPS) is 13.8. The molecular weight excluding hydrogens is 433 g/mol. The van der Waals surface area contributed by atoms with Gasteiger partial charge in [-0.05, 0) is 60.7 Å². The van der Waals surface area contributed by atoms with Crippen LogP contribution in [-0.4, -0.2) is 31.7 Å². The first-order valence-electron chi connectivity index (χ1n) is 10.2. The fourth-order valence-electron chi connectivity index (χ4n) is 4.06. The predicted octanol–water partition coefficient (Wildman–Crippen LogP) is 5.55. The van der Waals surface area contributed by atoms with Crippen LogP contribution in [0, 0.1) is 5.82 Å². The average molecular weight is 450 g/mol. The lowest BCUT2D eigenvalue weighted by molar-refractivity contribution is 0.0696. The minimum Gasteiger partial charge on any atom is -0.478 e. The van der Waals surface area contributed by atoms with Crippen molar-refractivity contribution in [2.45, 2.75) is 25.2 Å². The van der Waals surface area contributed by atoms with Crippen molar-refractivity contribution in [3.8, 4) is 11.3 Å². The number of pyridine rings is 1. The van der Waals surface area contributed by atoms with Gasteiger partial charge in [0, 0.05) is 11.8 Å². The lowest BCUT2D eigenvalue weighted by Gasteiger charge is -2.27. The van der Waals surface area contributed by atoms with Crippen molar-refractivity contribution in [3.05, 3.63) is 82.3 Å². The molecule has 0 amide bonds. The number of aromatic nitrogens is 3. The van der Waals surface area contributed by atoms with E-state index in [1.807, 2.05) is 12.1 Å². The summed E-state index contributed by atoms with van der Waals surface area (Å²) in [6, 6.07) is 12.3. The first-order valence-corrected chi connectivity index (χ1v) is 10.5. The van der Waals surface area contributed by atoms with E-state index in [2.05, 4.69) is 10.1 Å². The molecule has 0 atom stereocenters. The van der Waals surface area contributed by atoms with Gasteiger partial charge in [0.25, 0.3) is 5.91 Å². The molecule has 160 valence electrons. The van der Waals surface area contributed by atoms with Crippen molar-refractivity contribution < 1.29 is 19.1 Å². The fraction of sp³-hybridized carbons (Fsp3) is 0.167. The van der Waals surface area contributed by atoms with Crippen LogP contribution >= 0.6 is 11.6 Å². The molecular formula is C24H17ClFN3O3. The number of carboxylic acid groups (broad SMARTS) is 1. The summed E-state index contributed by atoms with van der Waals surface area (Å²) in [7, 11) is 0. The maximum absolute atomic E-state index is 14.8. The summed E-state index contributed by atoms with van der Waals surface area (Å²) >= 11 is 6.45. The second kappa shape index (κ2) is 7.84. The van der Waals surface area contributed by atoms with E-state index in [9.17, 15) is 14.0 Å². The van der Waals surface area contributed by atoms with E-state index < -0.39 is 17.7 Å². The van der Waals surface area contributed by atoms with E-state index in [0.717, 1.165) is 30.9 Å². The zero-order chi connectivity index (χ0) is 22.4. The Hall–Kier alpha value is -3.58. The molecule has 5 rings (SSSR count). The van der Waals surface area contributed by atoms with Gasteiger partial charge in [-0.3, -0.25) is 9.78 Å². The van der Waals surface area contributed by atoms with Crippen molar-refractivity contribution in [2.75, 3.05) is 0 Å². The lowest BCUT2D eigenvalue weighted by Crippen LogP contribution is -2.20. The van der Waals surface area contributed by atoms with Crippen LogP contribution in [-0.2, 0) is 0 Å².